The molecule has 0 aliphatic rings. The number of rotatable bonds is 20. The minimum absolute atomic E-state index is 0.194. The second-order valence-electron chi connectivity index (χ2n) is 8.23. The number of aliphatic hydroxyl groups excluding tert-OH is 1. The number of allylic oxidation sites excluding steroid dienone is 8. The summed E-state index contributed by atoms with van der Waals surface area (Å²) in [5.41, 5.74) is 0. The lowest BCUT2D eigenvalue weighted by Gasteiger charge is -2.23. The number of carbonyl (C=O) groups excluding carboxylic acids is 1. The van der Waals surface area contributed by atoms with Crippen molar-refractivity contribution in [3.05, 3.63) is 48.6 Å². The van der Waals surface area contributed by atoms with Crippen LogP contribution >= 0.6 is 0 Å². The van der Waals surface area contributed by atoms with Crippen molar-refractivity contribution in [3.8, 4) is 0 Å². The van der Waals surface area contributed by atoms with E-state index < -0.39 is 28.0 Å². The zero-order chi connectivity index (χ0) is 24.8. The van der Waals surface area contributed by atoms with Gasteiger partial charge in [-0.05, 0) is 38.5 Å². The van der Waals surface area contributed by atoms with Gasteiger partial charge in [0.15, 0.2) is 0 Å². The Morgan fingerprint density at radius 1 is 0.848 bits per heavy atom. The quantitative estimate of drug-likeness (QED) is 0.118. The van der Waals surface area contributed by atoms with Crippen LogP contribution in [-0.4, -0.2) is 41.9 Å². The van der Waals surface area contributed by atoms with Crippen LogP contribution in [-0.2, 0) is 14.9 Å². The SMILES string of the molecule is CC/C=C\C/C=C\C/C=C\C/C=C\CCC(=O)NC(CS(=O)(=O)O)C(O)CCCCCCC. The zero-order valence-corrected chi connectivity index (χ0v) is 21.3. The second kappa shape index (κ2) is 20.9. The van der Waals surface area contributed by atoms with E-state index in [0.29, 0.717) is 12.8 Å². The minimum atomic E-state index is -4.31. The number of carbonyl (C=O) groups is 1. The van der Waals surface area contributed by atoms with E-state index in [4.69, 9.17) is 0 Å². The molecule has 2 unspecified atom stereocenters. The first-order valence-electron chi connectivity index (χ1n) is 12.3. The van der Waals surface area contributed by atoms with E-state index in [1.807, 2.05) is 12.2 Å². The normalized spacial score (nSPS) is 14.7. The molecule has 7 heteroatoms. The number of nitrogens with one attached hydrogen (secondary N) is 1. The molecule has 0 aromatic heterocycles. The zero-order valence-electron chi connectivity index (χ0n) is 20.5. The summed E-state index contributed by atoms with van der Waals surface area (Å²) < 4.78 is 31.8. The molecule has 0 fully saturated rings. The third-order valence-electron chi connectivity index (χ3n) is 5.06. The van der Waals surface area contributed by atoms with Crippen molar-refractivity contribution in [2.75, 3.05) is 5.75 Å². The summed E-state index contributed by atoms with van der Waals surface area (Å²) >= 11 is 0. The Morgan fingerprint density at radius 2 is 1.39 bits per heavy atom. The van der Waals surface area contributed by atoms with Gasteiger partial charge in [-0.25, -0.2) is 0 Å². The summed E-state index contributed by atoms with van der Waals surface area (Å²) in [6.07, 6.45) is 25.5. The molecule has 0 rings (SSSR count). The predicted octanol–water partition coefficient (Wildman–Crippen LogP) is 5.67. The van der Waals surface area contributed by atoms with E-state index in [9.17, 15) is 22.9 Å². The Bertz CT molecular complexity index is 710. The van der Waals surface area contributed by atoms with Gasteiger partial charge in [0.25, 0.3) is 10.1 Å². The second-order valence-corrected chi connectivity index (χ2v) is 9.73. The summed E-state index contributed by atoms with van der Waals surface area (Å²) in [6, 6.07) is -1.00. The maximum absolute atomic E-state index is 12.2. The molecular weight excluding hydrogens is 438 g/mol. The third kappa shape index (κ3) is 21.9. The highest BCUT2D eigenvalue weighted by molar-refractivity contribution is 7.85. The summed E-state index contributed by atoms with van der Waals surface area (Å²) in [7, 11) is -4.31. The lowest BCUT2D eigenvalue weighted by Crippen LogP contribution is -2.47. The van der Waals surface area contributed by atoms with Gasteiger partial charge >= 0.3 is 0 Å². The highest BCUT2D eigenvalue weighted by Gasteiger charge is 2.25. The molecule has 6 nitrogen and oxygen atoms in total. The van der Waals surface area contributed by atoms with Crippen LogP contribution in [0.2, 0.25) is 0 Å². The van der Waals surface area contributed by atoms with Gasteiger partial charge in [-0.1, -0.05) is 94.6 Å². The van der Waals surface area contributed by atoms with E-state index in [2.05, 4.69) is 55.6 Å². The van der Waals surface area contributed by atoms with E-state index in [1.165, 1.54) is 0 Å². The first kappa shape index (κ1) is 31.3. The largest absolute Gasteiger partial charge is 0.391 e. The van der Waals surface area contributed by atoms with Gasteiger partial charge in [-0.3, -0.25) is 9.35 Å². The number of hydrogen-bond acceptors (Lipinski definition) is 4. The molecule has 0 saturated carbocycles. The number of amides is 1. The first-order valence-corrected chi connectivity index (χ1v) is 13.9. The summed E-state index contributed by atoms with van der Waals surface area (Å²) in [5.74, 6) is -1.02. The van der Waals surface area contributed by atoms with Crippen LogP contribution in [0.3, 0.4) is 0 Å². The van der Waals surface area contributed by atoms with Gasteiger partial charge in [-0.2, -0.15) is 8.42 Å². The van der Waals surface area contributed by atoms with Gasteiger partial charge in [0.1, 0.15) is 0 Å². The Hall–Kier alpha value is -1.70. The van der Waals surface area contributed by atoms with Gasteiger partial charge in [0.05, 0.1) is 17.9 Å². The molecule has 1 amide bonds. The smallest absolute Gasteiger partial charge is 0.266 e. The average Bonchev–Trinajstić information content (AvgIpc) is 2.75. The molecule has 0 saturated heterocycles. The van der Waals surface area contributed by atoms with Crippen LogP contribution in [0.25, 0.3) is 0 Å². The highest BCUT2D eigenvalue weighted by Crippen LogP contribution is 2.11. The molecule has 190 valence electrons. The summed E-state index contributed by atoms with van der Waals surface area (Å²) in [4.78, 5) is 12.2. The number of unbranched alkanes of at least 4 members (excludes halogenated alkanes) is 4. The van der Waals surface area contributed by atoms with Crippen molar-refractivity contribution in [2.24, 2.45) is 0 Å². The van der Waals surface area contributed by atoms with Gasteiger partial charge < -0.3 is 10.4 Å². The first-order chi connectivity index (χ1) is 15.8. The van der Waals surface area contributed by atoms with Crippen molar-refractivity contribution in [3.63, 3.8) is 0 Å². The molecule has 0 spiro atoms. The Kier molecular flexibility index (Phi) is 19.8. The molecule has 3 N–H and O–H groups in total. The molecule has 0 heterocycles. The molecule has 0 bridgehead atoms. The Labute approximate surface area is 201 Å². The average molecular weight is 484 g/mol. The fraction of sp³-hybridized carbons (Fsp3) is 0.654. The maximum Gasteiger partial charge on any atom is 0.266 e. The van der Waals surface area contributed by atoms with Crippen molar-refractivity contribution in [2.45, 2.75) is 103 Å². The van der Waals surface area contributed by atoms with Crippen LogP contribution in [0.4, 0.5) is 0 Å². The molecular formula is C26H45NO5S. The van der Waals surface area contributed by atoms with Crippen LogP contribution in [0.1, 0.15) is 90.9 Å². The highest BCUT2D eigenvalue weighted by atomic mass is 32.2. The fourth-order valence-electron chi connectivity index (χ4n) is 3.23. The molecule has 0 aromatic rings. The minimum Gasteiger partial charge on any atom is -0.391 e. The van der Waals surface area contributed by atoms with Gasteiger partial charge in [-0.15, -0.1) is 0 Å². The standard InChI is InChI=1S/C26H45NO5S/c1-3-5-7-9-10-11-12-13-14-15-16-18-20-22-26(29)27-24(23-33(30,31)32)25(28)21-19-17-8-6-4-2/h5,7,10-11,13-14,16,18,24-25,28H,3-4,6,8-9,12,15,17,19-23H2,1-2H3,(H,27,29)(H,30,31,32)/b7-5-,11-10-,14-13-,18-16-. The Balaban J connectivity index is 4.26. The lowest BCUT2D eigenvalue weighted by molar-refractivity contribution is -0.122. The fourth-order valence-corrected chi connectivity index (χ4v) is 3.98. The molecule has 33 heavy (non-hydrogen) atoms. The van der Waals surface area contributed by atoms with Crippen LogP contribution in [0, 0.1) is 0 Å². The monoisotopic (exact) mass is 483 g/mol. The van der Waals surface area contributed by atoms with E-state index in [1.54, 1.807) is 0 Å². The van der Waals surface area contributed by atoms with E-state index in [0.717, 1.165) is 57.8 Å². The third-order valence-corrected chi connectivity index (χ3v) is 5.84. The van der Waals surface area contributed by atoms with Crippen molar-refractivity contribution in [1.82, 2.24) is 5.32 Å². The Morgan fingerprint density at radius 3 is 1.94 bits per heavy atom. The van der Waals surface area contributed by atoms with Gasteiger partial charge in [0.2, 0.25) is 5.91 Å². The number of hydrogen-bond donors (Lipinski definition) is 3. The topological polar surface area (TPSA) is 104 Å². The van der Waals surface area contributed by atoms with Gasteiger partial charge in [0, 0.05) is 6.42 Å². The number of aliphatic hydroxyl groups is 1. The van der Waals surface area contributed by atoms with Crippen molar-refractivity contribution < 1.29 is 22.9 Å². The molecule has 0 aliphatic heterocycles. The molecule has 0 radical (unpaired) electrons. The van der Waals surface area contributed by atoms with Crippen LogP contribution in [0.15, 0.2) is 48.6 Å². The van der Waals surface area contributed by atoms with Crippen molar-refractivity contribution in [1.29, 1.82) is 0 Å². The summed E-state index contributed by atoms with van der Waals surface area (Å²) in [5, 5.41) is 12.9. The molecule has 0 aliphatic carbocycles. The lowest BCUT2D eigenvalue weighted by atomic mass is 10.0. The molecule has 2 atom stereocenters. The van der Waals surface area contributed by atoms with Crippen LogP contribution in [0.5, 0.6) is 0 Å². The predicted molar refractivity (Wildman–Crippen MR) is 138 cm³/mol. The maximum atomic E-state index is 12.2. The molecule has 0 aromatic carbocycles. The van der Waals surface area contributed by atoms with E-state index >= 15 is 0 Å². The van der Waals surface area contributed by atoms with Crippen molar-refractivity contribution >= 4 is 16.0 Å². The van der Waals surface area contributed by atoms with Crippen LogP contribution < -0.4 is 5.32 Å². The van der Waals surface area contributed by atoms with E-state index in [-0.39, 0.29) is 12.3 Å². The summed E-state index contributed by atoms with van der Waals surface area (Å²) in [6.45, 7) is 4.23.